The van der Waals surface area contributed by atoms with Gasteiger partial charge >= 0.3 is 0 Å². The molecule has 2 aliphatic heterocycles. The summed E-state index contributed by atoms with van der Waals surface area (Å²) in [5, 5.41) is 2.93. The van der Waals surface area contributed by atoms with E-state index in [2.05, 4.69) is 45.3 Å². The number of pyridine rings is 3. The van der Waals surface area contributed by atoms with Gasteiger partial charge in [0.2, 0.25) is 0 Å². The van der Waals surface area contributed by atoms with Crippen LogP contribution in [0.1, 0.15) is 46.2 Å². The summed E-state index contributed by atoms with van der Waals surface area (Å²) < 4.78 is 12.8. The maximum absolute atomic E-state index is 13.7. The van der Waals surface area contributed by atoms with E-state index in [4.69, 9.17) is 19.4 Å². The standard InChI is InChI=1S/C31H37N7O4/c1-20-14-27(41-3)24(30(39)35-20)18-33-31(40)26-16-23(15-25-29(34-19-38(25)26)21-6-12-42-13-7-21)22-4-5-28(32-17-22)37-10-8-36(2)9-11-37/h4-5,14-17,19,21H,6-13,18H2,1-3H3,(H,33,40)(H,35,39). The van der Waals surface area contributed by atoms with E-state index in [-0.39, 0.29) is 23.9 Å². The first-order valence-electron chi connectivity index (χ1n) is 14.4. The number of ether oxygens (including phenoxy) is 2. The van der Waals surface area contributed by atoms with Gasteiger partial charge in [0.05, 0.1) is 30.4 Å². The van der Waals surface area contributed by atoms with Crippen LogP contribution >= 0.6 is 0 Å². The molecule has 4 aromatic rings. The SMILES string of the molecule is COc1cc(C)[nH]c(=O)c1CNC(=O)c1cc(-c2ccc(N3CCN(C)CC3)nc2)cc2c(C3CCOCC3)ncn12. The topological polar surface area (TPSA) is 117 Å². The second-order valence-electron chi connectivity index (χ2n) is 11.1. The van der Waals surface area contributed by atoms with Gasteiger partial charge in [-0.05, 0) is 62.7 Å². The fourth-order valence-electron chi connectivity index (χ4n) is 5.81. The fraction of sp³-hybridized carbons (Fsp3) is 0.419. The molecule has 220 valence electrons. The highest BCUT2D eigenvalue weighted by Gasteiger charge is 2.24. The van der Waals surface area contributed by atoms with Crippen LogP contribution < -0.4 is 20.5 Å². The number of imidazole rings is 1. The van der Waals surface area contributed by atoms with Crippen LogP contribution in [-0.4, -0.2) is 83.7 Å². The molecule has 2 aliphatic rings. The molecule has 6 heterocycles. The Balaban J connectivity index is 1.35. The van der Waals surface area contributed by atoms with Gasteiger partial charge in [-0.2, -0.15) is 0 Å². The Labute approximate surface area is 244 Å². The molecule has 2 fully saturated rings. The average molecular weight is 572 g/mol. The van der Waals surface area contributed by atoms with E-state index in [0.29, 0.717) is 35.9 Å². The van der Waals surface area contributed by atoms with Crippen molar-refractivity contribution in [3.8, 4) is 16.9 Å². The van der Waals surface area contributed by atoms with Crippen LogP contribution in [0, 0.1) is 6.92 Å². The zero-order valence-corrected chi connectivity index (χ0v) is 24.4. The number of H-pyrrole nitrogens is 1. The molecule has 0 spiro atoms. The van der Waals surface area contributed by atoms with Crippen LogP contribution in [0.4, 0.5) is 5.82 Å². The Bertz CT molecular complexity index is 1630. The average Bonchev–Trinajstić information content (AvgIpc) is 3.44. The highest BCUT2D eigenvalue weighted by molar-refractivity contribution is 5.95. The summed E-state index contributed by atoms with van der Waals surface area (Å²) in [7, 11) is 3.65. The number of piperazine rings is 1. The highest BCUT2D eigenvalue weighted by atomic mass is 16.5. The lowest BCUT2D eigenvalue weighted by Gasteiger charge is -2.33. The van der Waals surface area contributed by atoms with Crippen molar-refractivity contribution in [3.05, 3.63) is 75.9 Å². The number of aryl methyl sites for hydroxylation is 1. The van der Waals surface area contributed by atoms with Crippen molar-refractivity contribution in [2.45, 2.75) is 32.2 Å². The zero-order valence-electron chi connectivity index (χ0n) is 24.4. The lowest BCUT2D eigenvalue weighted by Crippen LogP contribution is -2.44. The summed E-state index contributed by atoms with van der Waals surface area (Å²) in [6, 6.07) is 9.82. The lowest BCUT2D eigenvalue weighted by molar-refractivity contribution is 0.0848. The van der Waals surface area contributed by atoms with Gasteiger partial charge in [0.1, 0.15) is 23.6 Å². The van der Waals surface area contributed by atoms with Crippen LogP contribution in [0.2, 0.25) is 0 Å². The minimum atomic E-state index is -0.318. The molecule has 11 heteroatoms. The van der Waals surface area contributed by atoms with Crippen molar-refractivity contribution in [3.63, 3.8) is 0 Å². The van der Waals surface area contributed by atoms with Crippen LogP contribution in [-0.2, 0) is 11.3 Å². The molecular formula is C31H37N7O4. The maximum atomic E-state index is 13.7. The quantitative estimate of drug-likeness (QED) is 0.348. The first kappa shape index (κ1) is 27.9. The summed E-state index contributed by atoms with van der Waals surface area (Å²) in [6.45, 7) is 7.10. The molecular weight excluding hydrogens is 534 g/mol. The predicted molar refractivity (Wildman–Crippen MR) is 160 cm³/mol. The molecule has 2 saturated heterocycles. The number of fused-ring (bicyclic) bond motifs is 1. The van der Waals surface area contributed by atoms with E-state index in [1.807, 2.05) is 16.7 Å². The van der Waals surface area contributed by atoms with Gasteiger partial charge in [0.15, 0.2) is 0 Å². The second-order valence-corrected chi connectivity index (χ2v) is 11.1. The molecule has 6 rings (SSSR count). The number of aromatic nitrogens is 4. The number of amides is 1. The number of anilines is 1. The van der Waals surface area contributed by atoms with Crippen molar-refractivity contribution in [1.82, 2.24) is 29.6 Å². The summed E-state index contributed by atoms with van der Waals surface area (Å²) >= 11 is 0. The van der Waals surface area contributed by atoms with Gasteiger partial charge < -0.3 is 29.6 Å². The first-order valence-corrected chi connectivity index (χ1v) is 14.4. The number of aromatic amines is 1. The Morgan fingerprint density at radius 3 is 2.60 bits per heavy atom. The van der Waals surface area contributed by atoms with Crippen LogP contribution in [0.5, 0.6) is 5.75 Å². The third-order valence-electron chi connectivity index (χ3n) is 8.30. The van der Waals surface area contributed by atoms with E-state index in [1.54, 1.807) is 19.3 Å². The van der Waals surface area contributed by atoms with Gasteiger partial charge in [-0.3, -0.25) is 14.0 Å². The number of methoxy groups -OCH3 is 1. The van der Waals surface area contributed by atoms with Crippen LogP contribution in [0.3, 0.4) is 0 Å². The molecule has 42 heavy (non-hydrogen) atoms. The Kier molecular flexibility index (Phi) is 7.94. The minimum absolute atomic E-state index is 0.0200. The normalized spacial score (nSPS) is 16.6. The third kappa shape index (κ3) is 5.62. The largest absolute Gasteiger partial charge is 0.496 e. The van der Waals surface area contributed by atoms with E-state index in [1.165, 1.54) is 7.11 Å². The number of rotatable bonds is 7. The van der Waals surface area contributed by atoms with E-state index in [9.17, 15) is 9.59 Å². The number of nitrogens with one attached hydrogen (secondary N) is 2. The van der Waals surface area contributed by atoms with Gasteiger partial charge in [-0.15, -0.1) is 0 Å². The zero-order chi connectivity index (χ0) is 29.2. The second kappa shape index (κ2) is 11.9. The maximum Gasteiger partial charge on any atom is 0.268 e. The van der Waals surface area contributed by atoms with E-state index >= 15 is 0 Å². The van der Waals surface area contributed by atoms with E-state index < -0.39 is 0 Å². The number of carbonyl (C=O) groups excluding carboxylic acids is 1. The molecule has 0 saturated carbocycles. The Hall–Kier alpha value is -4.22. The smallest absolute Gasteiger partial charge is 0.268 e. The molecule has 0 atom stereocenters. The van der Waals surface area contributed by atoms with Crippen molar-refractivity contribution in [2.24, 2.45) is 0 Å². The van der Waals surface area contributed by atoms with Gasteiger partial charge in [-0.25, -0.2) is 9.97 Å². The van der Waals surface area contributed by atoms with Gasteiger partial charge in [0, 0.05) is 62.8 Å². The Morgan fingerprint density at radius 2 is 1.88 bits per heavy atom. The van der Waals surface area contributed by atoms with Gasteiger partial charge in [-0.1, -0.05) is 0 Å². The lowest BCUT2D eigenvalue weighted by atomic mass is 9.95. The van der Waals surface area contributed by atoms with Crippen molar-refractivity contribution >= 4 is 17.2 Å². The van der Waals surface area contributed by atoms with Crippen molar-refractivity contribution < 1.29 is 14.3 Å². The number of likely N-dealkylation sites (N-methyl/N-ethyl adjacent to an activating group) is 1. The minimum Gasteiger partial charge on any atom is -0.496 e. The summed E-state index contributed by atoms with van der Waals surface area (Å²) in [5.74, 6) is 1.33. The van der Waals surface area contributed by atoms with E-state index in [0.717, 1.165) is 67.2 Å². The molecule has 0 bridgehead atoms. The molecule has 4 aromatic heterocycles. The third-order valence-corrected chi connectivity index (χ3v) is 8.30. The summed E-state index contributed by atoms with van der Waals surface area (Å²) in [6.07, 6.45) is 5.36. The molecule has 0 unspecified atom stereocenters. The molecule has 2 N–H and O–H groups in total. The fourth-order valence-corrected chi connectivity index (χ4v) is 5.81. The van der Waals surface area contributed by atoms with Crippen molar-refractivity contribution in [2.75, 3.05) is 58.5 Å². The number of carbonyl (C=O) groups is 1. The van der Waals surface area contributed by atoms with Crippen molar-refractivity contribution in [1.29, 1.82) is 0 Å². The Morgan fingerprint density at radius 1 is 1.10 bits per heavy atom. The predicted octanol–water partition coefficient (Wildman–Crippen LogP) is 2.98. The van der Waals surface area contributed by atoms with Crippen LogP contribution in [0.15, 0.2) is 47.7 Å². The molecule has 0 aliphatic carbocycles. The number of nitrogens with zero attached hydrogens (tertiary/aromatic N) is 5. The summed E-state index contributed by atoms with van der Waals surface area (Å²) in [5.41, 5.74) is 4.84. The van der Waals surface area contributed by atoms with Gasteiger partial charge in [0.25, 0.3) is 11.5 Å². The molecule has 11 nitrogen and oxygen atoms in total. The first-order chi connectivity index (χ1) is 20.4. The molecule has 1 amide bonds. The summed E-state index contributed by atoms with van der Waals surface area (Å²) in [4.78, 5) is 43.3. The number of hydrogen-bond donors (Lipinski definition) is 2. The molecule has 0 radical (unpaired) electrons. The molecule has 0 aromatic carbocycles. The highest BCUT2D eigenvalue weighted by Crippen LogP contribution is 2.32. The monoisotopic (exact) mass is 571 g/mol. The number of hydrogen-bond acceptors (Lipinski definition) is 8. The van der Waals surface area contributed by atoms with Crippen LogP contribution in [0.25, 0.3) is 16.6 Å².